The van der Waals surface area contributed by atoms with Gasteiger partial charge in [-0.25, -0.2) is 4.18 Å². The molecule has 0 aromatic heterocycles. The molecule has 9 heteroatoms. The van der Waals surface area contributed by atoms with Gasteiger partial charge in [-0.05, 0) is 30.0 Å². The standard InChI is InChI=1S/C23H18N4.C12H26O4S/c1-3-11-19(12-4-1)23-24-26(20-14-5-2-6-15-20)27(25-23)22-17-9-13-18-10-7-8-16-21(18)22;1-2-3-4-5-6-7-8-9-10-11-12-16-17(13,14)15/h1-17H,(H,24,25);2-12H2,1H3,(H,13,14,15). The number of nitrogens with one attached hydrogen (secondary N) is 1. The quantitative estimate of drug-likeness (QED) is 0.102. The molecule has 0 saturated carbocycles. The van der Waals surface area contributed by atoms with E-state index in [1.54, 1.807) is 0 Å². The zero-order chi connectivity index (χ0) is 31.0. The van der Waals surface area contributed by atoms with Gasteiger partial charge in [-0.1, -0.05) is 150 Å². The summed E-state index contributed by atoms with van der Waals surface area (Å²) in [5, 5.41) is 11.1. The topological polar surface area (TPSA) is 94.5 Å². The van der Waals surface area contributed by atoms with Crippen molar-refractivity contribution in [3.8, 4) is 0 Å². The highest BCUT2D eigenvalue weighted by Crippen LogP contribution is 2.31. The van der Waals surface area contributed by atoms with E-state index in [1.165, 1.54) is 50.3 Å². The van der Waals surface area contributed by atoms with E-state index in [2.05, 4.69) is 83.3 Å². The number of benzene rings is 4. The highest BCUT2D eigenvalue weighted by molar-refractivity contribution is 7.80. The predicted octanol–water partition coefficient (Wildman–Crippen LogP) is 8.67. The van der Waals surface area contributed by atoms with Crippen LogP contribution in [0.25, 0.3) is 10.8 Å². The van der Waals surface area contributed by atoms with E-state index in [1.807, 2.05) is 46.6 Å². The van der Waals surface area contributed by atoms with Crippen LogP contribution in [0.1, 0.15) is 76.7 Å². The van der Waals surface area contributed by atoms with Crippen LogP contribution in [0.4, 0.5) is 11.4 Å². The normalized spacial score (nSPS) is 12.9. The van der Waals surface area contributed by atoms with Crippen LogP contribution in [0.5, 0.6) is 0 Å². The zero-order valence-electron chi connectivity index (χ0n) is 25.5. The summed E-state index contributed by atoms with van der Waals surface area (Å²) in [5.41, 5.74) is 6.55. The first kappa shape index (κ1) is 33.0. The third kappa shape index (κ3) is 10.4. The lowest BCUT2D eigenvalue weighted by Crippen LogP contribution is -2.44. The van der Waals surface area contributed by atoms with Gasteiger partial charge in [0.2, 0.25) is 0 Å². The van der Waals surface area contributed by atoms with Crippen molar-refractivity contribution in [2.75, 3.05) is 16.8 Å². The summed E-state index contributed by atoms with van der Waals surface area (Å²) >= 11 is 0. The van der Waals surface area contributed by atoms with Crippen molar-refractivity contribution in [2.24, 2.45) is 5.10 Å². The summed E-state index contributed by atoms with van der Waals surface area (Å²) in [5.74, 6) is 0.812. The summed E-state index contributed by atoms with van der Waals surface area (Å²) in [7, 11) is -4.23. The van der Waals surface area contributed by atoms with E-state index >= 15 is 0 Å². The first-order valence-electron chi connectivity index (χ1n) is 15.6. The van der Waals surface area contributed by atoms with Gasteiger partial charge in [0.05, 0.1) is 18.0 Å². The van der Waals surface area contributed by atoms with E-state index in [0.29, 0.717) is 6.42 Å². The molecule has 0 saturated heterocycles. The Balaban J connectivity index is 0.000000227. The maximum Gasteiger partial charge on any atom is 0.397 e. The Morgan fingerprint density at radius 1 is 0.705 bits per heavy atom. The van der Waals surface area contributed by atoms with Gasteiger partial charge >= 0.3 is 10.4 Å². The van der Waals surface area contributed by atoms with Gasteiger partial charge in [0.1, 0.15) is 0 Å². The van der Waals surface area contributed by atoms with Crippen LogP contribution in [0.2, 0.25) is 0 Å². The number of hydrazine groups is 2. The second-order valence-electron chi connectivity index (χ2n) is 10.8. The second kappa shape index (κ2) is 17.4. The van der Waals surface area contributed by atoms with Gasteiger partial charge in [-0.3, -0.25) is 9.98 Å². The molecular weight excluding hydrogens is 572 g/mol. The summed E-state index contributed by atoms with van der Waals surface area (Å²) in [6.07, 6.45) is 11.9. The molecule has 1 heterocycles. The summed E-state index contributed by atoms with van der Waals surface area (Å²) < 4.78 is 33.0. The summed E-state index contributed by atoms with van der Waals surface area (Å²) in [6.45, 7) is 2.31. The highest BCUT2D eigenvalue weighted by atomic mass is 32.3. The third-order valence-electron chi connectivity index (χ3n) is 7.36. The van der Waals surface area contributed by atoms with Crippen molar-refractivity contribution in [1.29, 1.82) is 0 Å². The monoisotopic (exact) mass is 616 g/mol. The molecule has 234 valence electrons. The number of hydrogen-bond acceptors (Lipinski definition) is 7. The highest BCUT2D eigenvalue weighted by Gasteiger charge is 2.27. The van der Waals surface area contributed by atoms with Crippen LogP contribution in [0.3, 0.4) is 0 Å². The van der Waals surface area contributed by atoms with Crippen LogP contribution in [0.15, 0.2) is 108 Å². The molecule has 4 aromatic rings. The smallest absolute Gasteiger partial charge is 0.264 e. The van der Waals surface area contributed by atoms with Gasteiger partial charge in [0.25, 0.3) is 0 Å². The first-order chi connectivity index (χ1) is 21.5. The molecule has 4 aromatic carbocycles. The van der Waals surface area contributed by atoms with Crippen LogP contribution in [-0.4, -0.2) is 25.4 Å². The van der Waals surface area contributed by atoms with Crippen LogP contribution in [0, 0.1) is 0 Å². The van der Waals surface area contributed by atoms with Crippen LogP contribution in [-0.2, 0) is 14.6 Å². The number of fused-ring (bicyclic) bond motifs is 1. The lowest BCUT2D eigenvalue weighted by Gasteiger charge is -2.28. The fourth-order valence-electron chi connectivity index (χ4n) is 5.07. The zero-order valence-corrected chi connectivity index (χ0v) is 26.3. The Morgan fingerprint density at radius 3 is 1.93 bits per heavy atom. The molecular formula is C35H44N4O4S. The molecule has 1 aliphatic heterocycles. The van der Waals surface area contributed by atoms with Crippen LogP contribution < -0.4 is 15.7 Å². The molecule has 2 N–H and O–H groups in total. The Morgan fingerprint density at radius 2 is 1.27 bits per heavy atom. The molecule has 0 atom stereocenters. The fraction of sp³-hybridized carbons (Fsp3) is 0.343. The number of para-hydroxylation sites is 1. The molecule has 0 unspecified atom stereocenters. The number of hydrogen-bond donors (Lipinski definition) is 2. The van der Waals surface area contributed by atoms with Crippen molar-refractivity contribution in [1.82, 2.24) is 5.43 Å². The molecule has 0 radical (unpaired) electrons. The second-order valence-corrected chi connectivity index (χ2v) is 11.9. The molecule has 1 aliphatic rings. The molecule has 0 fully saturated rings. The number of anilines is 2. The summed E-state index contributed by atoms with van der Waals surface area (Å²) in [6, 6.07) is 35.0. The van der Waals surface area contributed by atoms with E-state index in [0.717, 1.165) is 41.0 Å². The van der Waals surface area contributed by atoms with E-state index in [4.69, 9.17) is 9.65 Å². The molecule has 0 spiro atoms. The lowest BCUT2D eigenvalue weighted by atomic mass is 10.1. The van der Waals surface area contributed by atoms with Crippen molar-refractivity contribution < 1.29 is 17.2 Å². The van der Waals surface area contributed by atoms with Gasteiger partial charge in [0, 0.05) is 10.9 Å². The minimum Gasteiger partial charge on any atom is -0.264 e. The minimum absolute atomic E-state index is 0.0926. The van der Waals surface area contributed by atoms with Crippen molar-refractivity contribution in [2.45, 2.75) is 71.1 Å². The maximum atomic E-state index is 10.2. The van der Waals surface area contributed by atoms with Gasteiger partial charge in [-0.2, -0.15) is 18.7 Å². The molecule has 8 nitrogen and oxygen atoms in total. The third-order valence-corrected chi connectivity index (χ3v) is 7.82. The van der Waals surface area contributed by atoms with E-state index in [-0.39, 0.29) is 6.61 Å². The molecule has 5 rings (SSSR count). The Hall–Kier alpha value is -3.92. The minimum atomic E-state index is -4.23. The number of nitrogens with zero attached hydrogens (tertiary/aromatic N) is 3. The van der Waals surface area contributed by atoms with Crippen LogP contribution >= 0.6 is 0 Å². The number of hydrazone groups is 1. The van der Waals surface area contributed by atoms with Gasteiger partial charge in [0.15, 0.2) is 5.84 Å². The van der Waals surface area contributed by atoms with Gasteiger partial charge in [-0.15, -0.1) is 5.10 Å². The predicted molar refractivity (Wildman–Crippen MR) is 181 cm³/mol. The largest absolute Gasteiger partial charge is 0.397 e. The maximum absolute atomic E-state index is 10.2. The van der Waals surface area contributed by atoms with E-state index < -0.39 is 10.4 Å². The average Bonchev–Trinajstić information content (AvgIpc) is 3.49. The lowest BCUT2D eigenvalue weighted by molar-refractivity contribution is 0.261. The number of unbranched alkanes of at least 4 members (excludes halogenated alkanes) is 9. The molecule has 44 heavy (non-hydrogen) atoms. The Kier molecular flexibility index (Phi) is 13.0. The molecule has 0 amide bonds. The number of rotatable bonds is 15. The summed E-state index contributed by atoms with van der Waals surface area (Å²) in [4.78, 5) is 0. The fourth-order valence-corrected chi connectivity index (χ4v) is 5.40. The first-order valence-corrected chi connectivity index (χ1v) is 17.0. The van der Waals surface area contributed by atoms with Crippen molar-refractivity contribution >= 4 is 38.4 Å². The Labute approximate surface area is 262 Å². The van der Waals surface area contributed by atoms with Crippen molar-refractivity contribution in [3.63, 3.8) is 0 Å². The molecule has 0 bridgehead atoms. The SMILES string of the molecule is CCCCCCCCCCCCOS(=O)(=O)O.c1ccc(C2=NN(c3ccccc3)N(c3cccc4ccccc34)N2)cc1. The number of amidine groups is 1. The van der Waals surface area contributed by atoms with E-state index in [9.17, 15) is 8.42 Å². The van der Waals surface area contributed by atoms with Crippen molar-refractivity contribution in [3.05, 3.63) is 109 Å². The van der Waals surface area contributed by atoms with Gasteiger partial charge < -0.3 is 0 Å². The average molecular weight is 617 g/mol. The molecule has 0 aliphatic carbocycles. The Bertz CT molecular complexity index is 1540.